The molecule has 2 aromatic rings. The lowest BCUT2D eigenvalue weighted by atomic mass is 10.1. The largest absolute Gasteiger partial charge is 0.443 e. The molecule has 2 heterocycles. The fraction of sp³-hybridized carbons (Fsp3) is 0.318. The first-order valence-electron chi connectivity index (χ1n) is 9.49. The second kappa shape index (κ2) is 7.42. The van der Waals surface area contributed by atoms with Gasteiger partial charge in [0.05, 0.1) is 18.0 Å². The Bertz CT molecular complexity index is 1040. The number of amides is 3. The third-order valence-electron chi connectivity index (χ3n) is 4.88. The highest BCUT2D eigenvalue weighted by Crippen LogP contribution is 2.55. The molecule has 1 spiro atoms. The summed E-state index contributed by atoms with van der Waals surface area (Å²) in [7, 11) is 0. The number of halogens is 1. The van der Waals surface area contributed by atoms with E-state index in [9.17, 15) is 14.4 Å². The van der Waals surface area contributed by atoms with E-state index in [1.54, 1.807) is 31.7 Å². The van der Waals surface area contributed by atoms with E-state index in [4.69, 9.17) is 4.74 Å². The third-order valence-corrected chi connectivity index (χ3v) is 6.76. The number of benzene rings is 2. The minimum atomic E-state index is -1.46. The lowest BCUT2D eigenvalue weighted by molar-refractivity contribution is -0.136. The van der Waals surface area contributed by atoms with Crippen molar-refractivity contribution in [3.8, 4) is 0 Å². The maximum absolute atomic E-state index is 13.8. The molecular weight excluding hydrogens is 468 g/mol. The average Bonchev–Trinajstić information content (AvgIpc) is 3.13. The van der Waals surface area contributed by atoms with E-state index in [0.717, 1.165) is 26.7 Å². The van der Waals surface area contributed by atoms with E-state index in [0.29, 0.717) is 17.8 Å². The number of hydrogen-bond acceptors (Lipinski definition) is 5. The van der Waals surface area contributed by atoms with Gasteiger partial charge in [-0.3, -0.25) is 9.59 Å². The van der Waals surface area contributed by atoms with Gasteiger partial charge in [0.1, 0.15) is 5.60 Å². The fourth-order valence-corrected chi connectivity index (χ4v) is 5.39. The van der Waals surface area contributed by atoms with Gasteiger partial charge in [-0.05, 0) is 44.5 Å². The van der Waals surface area contributed by atoms with Crippen LogP contribution in [0.2, 0.25) is 0 Å². The average molecular weight is 489 g/mol. The predicted octanol–water partition coefficient (Wildman–Crippen LogP) is 4.66. The molecule has 0 saturated carbocycles. The number of thioether (sulfide) groups is 1. The number of ether oxygens (including phenoxy) is 1. The smallest absolute Gasteiger partial charge is 0.419 e. The molecule has 8 heteroatoms. The number of nitrogens with zero attached hydrogens (tertiary/aromatic N) is 2. The monoisotopic (exact) mass is 488 g/mol. The van der Waals surface area contributed by atoms with Crippen molar-refractivity contribution in [2.24, 2.45) is 0 Å². The molecular formula is C22H21BrN2O4S. The van der Waals surface area contributed by atoms with E-state index in [1.165, 1.54) is 0 Å². The lowest BCUT2D eigenvalue weighted by Crippen LogP contribution is -2.53. The van der Waals surface area contributed by atoms with Crippen molar-refractivity contribution in [1.82, 2.24) is 4.90 Å². The number of hydrogen-bond donors (Lipinski definition) is 0. The van der Waals surface area contributed by atoms with Crippen LogP contribution in [0.15, 0.2) is 53.0 Å². The maximum atomic E-state index is 13.8. The Balaban J connectivity index is 1.82. The van der Waals surface area contributed by atoms with Crippen molar-refractivity contribution < 1.29 is 19.1 Å². The summed E-state index contributed by atoms with van der Waals surface area (Å²) in [5, 5.41) is 0. The van der Waals surface area contributed by atoms with Crippen molar-refractivity contribution in [2.75, 3.05) is 10.7 Å². The summed E-state index contributed by atoms with van der Waals surface area (Å²) < 4.78 is 6.26. The first kappa shape index (κ1) is 20.9. The van der Waals surface area contributed by atoms with Gasteiger partial charge in [0, 0.05) is 10.0 Å². The third kappa shape index (κ3) is 3.41. The van der Waals surface area contributed by atoms with Gasteiger partial charge in [-0.1, -0.05) is 46.3 Å². The highest BCUT2D eigenvalue weighted by atomic mass is 79.9. The zero-order valence-corrected chi connectivity index (χ0v) is 19.2. The number of carbonyl (C=O) groups is 3. The summed E-state index contributed by atoms with van der Waals surface area (Å²) in [6.45, 7) is 5.53. The minimum Gasteiger partial charge on any atom is -0.443 e. The summed E-state index contributed by atoms with van der Waals surface area (Å²) in [4.78, 5) is 40.8. The lowest BCUT2D eigenvalue weighted by Gasteiger charge is -2.33. The maximum Gasteiger partial charge on any atom is 0.419 e. The summed E-state index contributed by atoms with van der Waals surface area (Å²) in [6.07, 6.45) is -0.807. The number of fused-ring (bicyclic) bond motifs is 2. The van der Waals surface area contributed by atoms with Gasteiger partial charge in [0.25, 0.3) is 5.91 Å². The second-order valence-corrected chi connectivity index (χ2v) is 10.3. The van der Waals surface area contributed by atoms with E-state index in [1.807, 2.05) is 42.5 Å². The van der Waals surface area contributed by atoms with Crippen LogP contribution >= 0.6 is 27.7 Å². The molecule has 3 amide bonds. The molecule has 156 valence electrons. The van der Waals surface area contributed by atoms with E-state index in [-0.39, 0.29) is 11.7 Å². The Morgan fingerprint density at radius 1 is 1.17 bits per heavy atom. The van der Waals surface area contributed by atoms with E-state index < -0.39 is 22.5 Å². The van der Waals surface area contributed by atoms with Gasteiger partial charge in [0.15, 0.2) is 0 Å². The normalized spacial score (nSPS) is 20.8. The van der Waals surface area contributed by atoms with Crippen LogP contribution in [0.5, 0.6) is 0 Å². The molecule has 4 rings (SSSR count). The van der Waals surface area contributed by atoms with Crippen LogP contribution in [-0.4, -0.2) is 34.2 Å². The van der Waals surface area contributed by atoms with Crippen molar-refractivity contribution in [3.63, 3.8) is 0 Å². The van der Waals surface area contributed by atoms with Gasteiger partial charge in [0.2, 0.25) is 10.8 Å². The van der Waals surface area contributed by atoms with Gasteiger partial charge in [-0.25, -0.2) is 9.69 Å². The quantitative estimate of drug-likeness (QED) is 0.614. The highest BCUT2D eigenvalue weighted by Gasteiger charge is 2.63. The van der Waals surface area contributed by atoms with Crippen LogP contribution in [0.3, 0.4) is 0 Å². The Kier molecular flexibility index (Phi) is 5.18. The van der Waals surface area contributed by atoms with Crippen molar-refractivity contribution in [1.29, 1.82) is 0 Å². The molecule has 30 heavy (non-hydrogen) atoms. The van der Waals surface area contributed by atoms with Crippen LogP contribution < -0.4 is 4.90 Å². The first-order valence-corrected chi connectivity index (χ1v) is 11.3. The first-order chi connectivity index (χ1) is 14.1. The SMILES string of the molecule is CC(C)(C)OC(=O)N1C(=O)CS[C@]12C(=O)N(Cc1ccccc1)c1ccc(Br)cc12. The molecule has 0 unspecified atom stereocenters. The van der Waals surface area contributed by atoms with E-state index >= 15 is 0 Å². The molecule has 2 aliphatic heterocycles. The summed E-state index contributed by atoms with van der Waals surface area (Å²) in [6, 6.07) is 15.1. The molecule has 6 nitrogen and oxygen atoms in total. The second-order valence-electron chi connectivity index (χ2n) is 8.18. The van der Waals surface area contributed by atoms with Crippen molar-refractivity contribution >= 4 is 51.3 Å². The Morgan fingerprint density at radius 2 is 1.87 bits per heavy atom. The molecule has 1 saturated heterocycles. The zero-order valence-electron chi connectivity index (χ0n) is 16.8. The van der Waals surface area contributed by atoms with Gasteiger partial charge < -0.3 is 9.64 Å². The van der Waals surface area contributed by atoms with E-state index in [2.05, 4.69) is 15.9 Å². The van der Waals surface area contributed by atoms with Crippen LogP contribution in [0.1, 0.15) is 31.9 Å². The number of anilines is 1. The molecule has 0 aromatic heterocycles. The molecule has 2 aromatic carbocycles. The molecule has 0 aliphatic carbocycles. The van der Waals surface area contributed by atoms with Crippen LogP contribution in [0.4, 0.5) is 10.5 Å². The number of carbonyl (C=O) groups excluding carboxylic acids is 3. The molecule has 0 N–H and O–H groups in total. The van der Waals surface area contributed by atoms with Crippen molar-refractivity contribution in [2.45, 2.75) is 37.8 Å². The van der Waals surface area contributed by atoms with Gasteiger partial charge in [-0.2, -0.15) is 0 Å². The standard InChI is InChI=1S/C22H21BrN2O4S/c1-21(2,3)29-20(28)25-18(26)13-30-22(25)16-11-15(23)9-10-17(16)24(19(22)27)12-14-7-5-4-6-8-14/h4-11H,12-13H2,1-3H3/t22-/m1/s1. The molecule has 2 aliphatic rings. The minimum absolute atomic E-state index is 0.0239. The molecule has 0 radical (unpaired) electrons. The summed E-state index contributed by atoms with van der Waals surface area (Å²) in [5.41, 5.74) is 1.45. The predicted molar refractivity (Wildman–Crippen MR) is 119 cm³/mol. The van der Waals surface area contributed by atoms with Crippen LogP contribution in [-0.2, 0) is 25.7 Å². The zero-order chi connectivity index (χ0) is 21.7. The summed E-state index contributed by atoms with van der Waals surface area (Å²) in [5.74, 6) is -0.730. The molecule has 1 fully saturated rings. The molecule has 1 atom stereocenters. The molecule has 0 bridgehead atoms. The Hall–Kier alpha value is -2.32. The Labute approximate surface area is 187 Å². The van der Waals surface area contributed by atoms with Crippen molar-refractivity contribution in [3.05, 3.63) is 64.1 Å². The number of rotatable bonds is 2. The summed E-state index contributed by atoms with van der Waals surface area (Å²) >= 11 is 4.62. The van der Waals surface area contributed by atoms with Crippen LogP contribution in [0, 0.1) is 0 Å². The fourth-order valence-electron chi connectivity index (χ4n) is 3.71. The number of imide groups is 1. The van der Waals surface area contributed by atoms with Gasteiger partial charge >= 0.3 is 6.09 Å². The topological polar surface area (TPSA) is 66.9 Å². The van der Waals surface area contributed by atoms with Crippen LogP contribution in [0.25, 0.3) is 0 Å². The Morgan fingerprint density at radius 3 is 2.53 bits per heavy atom. The van der Waals surface area contributed by atoms with Gasteiger partial charge in [-0.15, -0.1) is 11.8 Å². The highest BCUT2D eigenvalue weighted by molar-refractivity contribution is 9.10.